The van der Waals surface area contributed by atoms with Crippen LogP contribution in [0.1, 0.15) is 12.5 Å². The van der Waals surface area contributed by atoms with Crippen molar-refractivity contribution in [3.05, 3.63) is 54.6 Å². The van der Waals surface area contributed by atoms with E-state index in [-0.39, 0.29) is 0 Å². The van der Waals surface area contributed by atoms with Gasteiger partial charge in [0.25, 0.3) is 0 Å². The smallest absolute Gasteiger partial charge is 0.303 e. The number of carbonyl (C=O) groups excluding carboxylic acids is 1. The van der Waals surface area contributed by atoms with E-state index in [0.29, 0.717) is 0 Å². The summed E-state index contributed by atoms with van der Waals surface area (Å²) < 4.78 is 4.89. The predicted octanol–water partition coefficient (Wildman–Crippen LogP) is 2.18. The molecule has 0 amide bonds. The Morgan fingerprint density at radius 3 is 2.59 bits per heavy atom. The third-order valence-corrected chi connectivity index (χ3v) is 2.16. The standard InChI is InChI=1S/C14H16O3/c1-3-14(17-11(2)15)13(16)10-9-12-7-5-4-6-8-12/h3-10,13-14,16H,1H2,2H3/b10-9+. The molecule has 2 atom stereocenters. The summed E-state index contributed by atoms with van der Waals surface area (Å²) >= 11 is 0. The van der Waals surface area contributed by atoms with Crippen LogP contribution in [0.2, 0.25) is 0 Å². The summed E-state index contributed by atoms with van der Waals surface area (Å²) in [4.78, 5) is 10.8. The highest BCUT2D eigenvalue weighted by Gasteiger charge is 2.15. The van der Waals surface area contributed by atoms with E-state index in [1.165, 1.54) is 13.0 Å². The second-order valence-electron chi connectivity index (χ2n) is 3.57. The molecule has 1 N–H and O–H groups in total. The molecule has 3 heteroatoms. The Balaban J connectivity index is 2.63. The Morgan fingerprint density at radius 1 is 1.41 bits per heavy atom. The lowest BCUT2D eigenvalue weighted by Gasteiger charge is -2.16. The van der Waals surface area contributed by atoms with Crippen molar-refractivity contribution in [3.63, 3.8) is 0 Å². The first kappa shape index (κ1) is 13.2. The van der Waals surface area contributed by atoms with Crippen molar-refractivity contribution in [1.29, 1.82) is 0 Å². The number of benzene rings is 1. The van der Waals surface area contributed by atoms with Crippen molar-refractivity contribution in [2.45, 2.75) is 19.1 Å². The van der Waals surface area contributed by atoms with E-state index in [1.54, 1.807) is 12.2 Å². The summed E-state index contributed by atoms with van der Waals surface area (Å²) in [6, 6.07) is 9.56. The second kappa shape index (κ2) is 6.66. The molecule has 0 saturated carbocycles. The first-order chi connectivity index (χ1) is 8.13. The van der Waals surface area contributed by atoms with Gasteiger partial charge in [-0.25, -0.2) is 0 Å². The molecule has 3 nitrogen and oxygen atoms in total. The molecule has 0 bridgehead atoms. The van der Waals surface area contributed by atoms with Crippen LogP contribution in [0.3, 0.4) is 0 Å². The van der Waals surface area contributed by atoms with Crippen LogP contribution >= 0.6 is 0 Å². The number of hydrogen-bond donors (Lipinski definition) is 1. The number of carbonyl (C=O) groups is 1. The van der Waals surface area contributed by atoms with Crippen molar-refractivity contribution in [2.24, 2.45) is 0 Å². The van der Waals surface area contributed by atoms with E-state index in [1.807, 2.05) is 30.3 Å². The van der Waals surface area contributed by atoms with E-state index in [0.717, 1.165) is 5.56 Å². The maximum absolute atomic E-state index is 10.8. The minimum Gasteiger partial charge on any atom is -0.455 e. The minimum atomic E-state index is -0.892. The molecule has 0 aliphatic carbocycles. The average Bonchev–Trinajstić information content (AvgIpc) is 2.34. The van der Waals surface area contributed by atoms with Crippen molar-refractivity contribution < 1.29 is 14.6 Å². The largest absolute Gasteiger partial charge is 0.455 e. The lowest BCUT2D eigenvalue weighted by atomic mass is 10.1. The molecule has 2 unspecified atom stereocenters. The number of aliphatic hydroxyl groups is 1. The van der Waals surface area contributed by atoms with Gasteiger partial charge in [0.1, 0.15) is 12.2 Å². The summed E-state index contributed by atoms with van der Waals surface area (Å²) in [5.74, 6) is -0.443. The molecule has 0 aliphatic rings. The van der Waals surface area contributed by atoms with Crippen LogP contribution in [0.25, 0.3) is 6.08 Å². The average molecular weight is 232 g/mol. The Hall–Kier alpha value is -1.87. The fraction of sp³-hybridized carbons (Fsp3) is 0.214. The Kier molecular flexibility index (Phi) is 5.17. The van der Waals surface area contributed by atoms with Crippen LogP contribution < -0.4 is 0 Å². The minimum absolute atomic E-state index is 0.443. The molecule has 0 radical (unpaired) electrons. The Morgan fingerprint density at radius 2 is 2.06 bits per heavy atom. The monoisotopic (exact) mass is 232 g/mol. The first-order valence-electron chi connectivity index (χ1n) is 5.34. The Labute approximate surface area is 101 Å². The molecular weight excluding hydrogens is 216 g/mol. The van der Waals surface area contributed by atoms with Gasteiger partial charge >= 0.3 is 5.97 Å². The summed E-state index contributed by atoms with van der Waals surface area (Å²) in [5.41, 5.74) is 0.970. The molecule has 0 saturated heterocycles. The summed E-state index contributed by atoms with van der Waals surface area (Å²) in [6.45, 7) is 4.81. The molecule has 1 rings (SSSR count). The van der Waals surface area contributed by atoms with Crippen molar-refractivity contribution in [3.8, 4) is 0 Å². The molecule has 90 valence electrons. The van der Waals surface area contributed by atoms with Gasteiger partial charge < -0.3 is 9.84 Å². The maximum Gasteiger partial charge on any atom is 0.303 e. The zero-order valence-electron chi connectivity index (χ0n) is 9.74. The molecular formula is C14H16O3. The molecule has 0 fully saturated rings. The van der Waals surface area contributed by atoms with E-state index in [2.05, 4.69) is 6.58 Å². The third-order valence-electron chi connectivity index (χ3n) is 2.16. The van der Waals surface area contributed by atoms with Gasteiger partial charge in [0, 0.05) is 6.92 Å². The van der Waals surface area contributed by atoms with E-state index in [9.17, 15) is 9.90 Å². The van der Waals surface area contributed by atoms with Crippen LogP contribution in [-0.2, 0) is 9.53 Å². The second-order valence-corrected chi connectivity index (χ2v) is 3.57. The highest BCUT2D eigenvalue weighted by molar-refractivity contribution is 5.66. The van der Waals surface area contributed by atoms with E-state index >= 15 is 0 Å². The molecule has 0 aromatic heterocycles. The quantitative estimate of drug-likeness (QED) is 0.625. The van der Waals surface area contributed by atoms with Gasteiger partial charge in [-0.1, -0.05) is 49.1 Å². The highest BCUT2D eigenvalue weighted by Crippen LogP contribution is 2.07. The van der Waals surface area contributed by atoms with Crippen molar-refractivity contribution in [1.82, 2.24) is 0 Å². The fourth-order valence-corrected chi connectivity index (χ4v) is 1.33. The van der Waals surface area contributed by atoms with Gasteiger partial charge in [-0.2, -0.15) is 0 Å². The molecule has 1 aromatic carbocycles. The van der Waals surface area contributed by atoms with Crippen LogP contribution in [0, 0.1) is 0 Å². The zero-order chi connectivity index (χ0) is 12.7. The van der Waals surface area contributed by atoms with E-state index in [4.69, 9.17) is 4.74 Å². The summed E-state index contributed by atoms with van der Waals surface area (Å²) in [7, 11) is 0. The highest BCUT2D eigenvalue weighted by atomic mass is 16.6. The van der Waals surface area contributed by atoms with Crippen LogP contribution in [0.15, 0.2) is 49.1 Å². The maximum atomic E-state index is 10.8. The van der Waals surface area contributed by atoms with Gasteiger partial charge in [0.05, 0.1) is 0 Å². The predicted molar refractivity (Wildman–Crippen MR) is 67.2 cm³/mol. The number of ether oxygens (including phenoxy) is 1. The van der Waals surface area contributed by atoms with Gasteiger partial charge in [-0.15, -0.1) is 0 Å². The third kappa shape index (κ3) is 4.66. The van der Waals surface area contributed by atoms with Crippen LogP contribution in [-0.4, -0.2) is 23.3 Å². The normalized spacial score (nSPS) is 14.2. The summed E-state index contributed by atoms with van der Waals surface area (Å²) in [5, 5.41) is 9.78. The molecule has 0 spiro atoms. The van der Waals surface area contributed by atoms with Gasteiger partial charge in [0.2, 0.25) is 0 Å². The fourth-order valence-electron chi connectivity index (χ4n) is 1.33. The van der Waals surface area contributed by atoms with Crippen LogP contribution in [0.5, 0.6) is 0 Å². The van der Waals surface area contributed by atoms with Crippen molar-refractivity contribution >= 4 is 12.0 Å². The number of rotatable bonds is 5. The topological polar surface area (TPSA) is 46.5 Å². The number of hydrogen-bond acceptors (Lipinski definition) is 3. The molecule has 0 heterocycles. The lowest BCUT2D eigenvalue weighted by Crippen LogP contribution is -2.26. The van der Waals surface area contributed by atoms with Crippen LogP contribution in [0.4, 0.5) is 0 Å². The lowest BCUT2D eigenvalue weighted by molar-refractivity contribution is -0.147. The first-order valence-corrected chi connectivity index (χ1v) is 5.34. The number of aliphatic hydroxyl groups excluding tert-OH is 1. The van der Waals surface area contributed by atoms with Gasteiger partial charge in [-0.3, -0.25) is 4.79 Å². The van der Waals surface area contributed by atoms with E-state index < -0.39 is 18.2 Å². The van der Waals surface area contributed by atoms with Gasteiger partial charge in [0.15, 0.2) is 0 Å². The van der Waals surface area contributed by atoms with Crippen molar-refractivity contribution in [2.75, 3.05) is 0 Å². The molecule has 1 aromatic rings. The zero-order valence-corrected chi connectivity index (χ0v) is 9.74. The Bertz CT molecular complexity index is 395. The molecule has 17 heavy (non-hydrogen) atoms. The molecule has 0 aliphatic heterocycles. The summed E-state index contributed by atoms with van der Waals surface area (Å²) in [6.07, 6.45) is 3.14. The SMILES string of the molecule is C=CC(OC(C)=O)C(O)/C=C/c1ccccc1. The van der Waals surface area contributed by atoms with Gasteiger partial charge in [-0.05, 0) is 11.6 Å². The number of esters is 1.